The highest BCUT2D eigenvalue weighted by molar-refractivity contribution is 8.00. The standard InChI is InChI=1S/C14H21NOS/c1-12-3-5-14(6-4-12)15-11-13-7-9-17(2,16)10-8-13/h3-6,13,15H,2,7-11H2,1H3. The quantitative estimate of drug-likeness (QED) is 0.836. The molecule has 1 aromatic carbocycles. The molecule has 17 heavy (non-hydrogen) atoms. The Hall–Kier alpha value is -0.960. The zero-order chi connectivity index (χ0) is 12.3. The molecular weight excluding hydrogens is 230 g/mol. The van der Waals surface area contributed by atoms with Crippen molar-refractivity contribution in [1.82, 2.24) is 0 Å². The minimum Gasteiger partial charge on any atom is -0.385 e. The van der Waals surface area contributed by atoms with Crippen LogP contribution in [0.4, 0.5) is 5.69 Å². The van der Waals surface area contributed by atoms with Crippen LogP contribution in [0.25, 0.3) is 0 Å². The van der Waals surface area contributed by atoms with Gasteiger partial charge >= 0.3 is 0 Å². The van der Waals surface area contributed by atoms with Gasteiger partial charge in [0.2, 0.25) is 0 Å². The number of nitrogens with one attached hydrogen (secondary N) is 1. The molecule has 0 unspecified atom stereocenters. The van der Waals surface area contributed by atoms with Gasteiger partial charge in [-0.2, -0.15) is 0 Å². The molecule has 1 aromatic rings. The smallest absolute Gasteiger partial charge is 0.0340 e. The fourth-order valence-electron chi connectivity index (χ4n) is 2.15. The molecule has 0 radical (unpaired) electrons. The van der Waals surface area contributed by atoms with E-state index in [4.69, 9.17) is 0 Å². The summed E-state index contributed by atoms with van der Waals surface area (Å²) in [4.78, 5) is 0. The Morgan fingerprint density at radius 1 is 1.29 bits per heavy atom. The summed E-state index contributed by atoms with van der Waals surface area (Å²) in [5, 5.41) is 3.46. The zero-order valence-corrected chi connectivity index (χ0v) is 11.3. The summed E-state index contributed by atoms with van der Waals surface area (Å²) in [6.07, 6.45) is 2.09. The van der Waals surface area contributed by atoms with Gasteiger partial charge in [-0.25, -0.2) is 0 Å². The average Bonchev–Trinajstić information content (AvgIpc) is 2.30. The summed E-state index contributed by atoms with van der Waals surface area (Å²) < 4.78 is 11.7. The molecule has 94 valence electrons. The van der Waals surface area contributed by atoms with Gasteiger partial charge in [0.05, 0.1) is 0 Å². The third-order valence-electron chi connectivity index (χ3n) is 3.44. The van der Waals surface area contributed by atoms with Crippen LogP contribution in [-0.4, -0.2) is 28.1 Å². The van der Waals surface area contributed by atoms with Crippen LogP contribution in [0.15, 0.2) is 24.3 Å². The molecule has 1 saturated heterocycles. The molecule has 1 fully saturated rings. The third-order valence-corrected chi connectivity index (χ3v) is 5.40. The van der Waals surface area contributed by atoms with Gasteiger partial charge in [-0.05, 0) is 53.2 Å². The van der Waals surface area contributed by atoms with E-state index in [1.54, 1.807) is 0 Å². The number of hydrogen-bond acceptors (Lipinski definition) is 2. The highest BCUT2D eigenvalue weighted by atomic mass is 32.2. The molecule has 1 N–H and O–H groups in total. The maximum absolute atomic E-state index is 11.7. The van der Waals surface area contributed by atoms with Gasteiger partial charge in [-0.1, -0.05) is 17.7 Å². The highest BCUT2D eigenvalue weighted by Gasteiger charge is 2.19. The van der Waals surface area contributed by atoms with Gasteiger partial charge < -0.3 is 5.32 Å². The van der Waals surface area contributed by atoms with Crippen molar-refractivity contribution < 1.29 is 4.21 Å². The molecule has 1 heterocycles. The van der Waals surface area contributed by atoms with E-state index < -0.39 is 9.52 Å². The van der Waals surface area contributed by atoms with E-state index in [9.17, 15) is 4.21 Å². The van der Waals surface area contributed by atoms with Crippen LogP contribution >= 0.6 is 0 Å². The topological polar surface area (TPSA) is 29.1 Å². The van der Waals surface area contributed by atoms with Gasteiger partial charge in [0.1, 0.15) is 0 Å². The molecule has 2 rings (SSSR count). The van der Waals surface area contributed by atoms with E-state index in [2.05, 4.69) is 42.4 Å². The Kier molecular flexibility index (Phi) is 3.77. The first-order valence-electron chi connectivity index (χ1n) is 6.18. The van der Waals surface area contributed by atoms with Crippen LogP contribution in [0.1, 0.15) is 18.4 Å². The SMILES string of the molecule is C=S1(=O)CCC(CNc2ccc(C)cc2)CC1. The maximum atomic E-state index is 11.7. The summed E-state index contributed by atoms with van der Waals surface area (Å²) in [7, 11) is -1.73. The highest BCUT2D eigenvalue weighted by Crippen LogP contribution is 2.19. The minimum atomic E-state index is -1.73. The van der Waals surface area contributed by atoms with Crippen molar-refractivity contribution in [3.8, 4) is 0 Å². The number of aryl methyl sites for hydroxylation is 1. The predicted octanol–water partition coefficient (Wildman–Crippen LogP) is 2.53. The van der Waals surface area contributed by atoms with Crippen molar-refractivity contribution in [2.45, 2.75) is 19.8 Å². The Bertz CT molecular complexity index is 448. The molecule has 3 heteroatoms. The van der Waals surface area contributed by atoms with Gasteiger partial charge in [-0.3, -0.25) is 4.21 Å². The lowest BCUT2D eigenvalue weighted by Gasteiger charge is -2.25. The monoisotopic (exact) mass is 251 g/mol. The van der Waals surface area contributed by atoms with Crippen LogP contribution in [0.3, 0.4) is 0 Å². The van der Waals surface area contributed by atoms with E-state index >= 15 is 0 Å². The van der Waals surface area contributed by atoms with Crippen LogP contribution < -0.4 is 5.32 Å². The summed E-state index contributed by atoms with van der Waals surface area (Å²) in [6.45, 7) is 3.08. The lowest BCUT2D eigenvalue weighted by atomic mass is 10.0. The first kappa shape index (κ1) is 12.5. The molecule has 0 aliphatic carbocycles. The van der Waals surface area contributed by atoms with Crippen LogP contribution in [-0.2, 0) is 9.52 Å². The Morgan fingerprint density at radius 3 is 2.47 bits per heavy atom. The second kappa shape index (κ2) is 5.13. The molecule has 0 bridgehead atoms. The second-order valence-electron chi connectivity index (χ2n) is 5.06. The Morgan fingerprint density at radius 2 is 1.88 bits per heavy atom. The van der Waals surface area contributed by atoms with Crippen molar-refractivity contribution in [2.24, 2.45) is 5.92 Å². The van der Waals surface area contributed by atoms with Crippen LogP contribution in [0, 0.1) is 12.8 Å². The molecular formula is C14H21NOS. The first-order valence-corrected chi connectivity index (χ1v) is 8.25. The van der Waals surface area contributed by atoms with Crippen molar-refractivity contribution in [2.75, 3.05) is 23.4 Å². The van der Waals surface area contributed by atoms with Gasteiger partial charge in [-0.15, -0.1) is 0 Å². The third kappa shape index (κ3) is 3.77. The number of anilines is 1. The normalized spacial score (nSPS) is 28.9. The predicted molar refractivity (Wildman–Crippen MR) is 77.4 cm³/mol. The number of benzene rings is 1. The summed E-state index contributed by atoms with van der Waals surface area (Å²) >= 11 is 0. The number of rotatable bonds is 3. The first-order chi connectivity index (χ1) is 8.05. The largest absolute Gasteiger partial charge is 0.385 e. The number of hydrogen-bond donors (Lipinski definition) is 1. The van der Waals surface area contributed by atoms with Crippen molar-refractivity contribution >= 4 is 21.1 Å². The van der Waals surface area contributed by atoms with E-state index in [0.717, 1.165) is 30.9 Å². The summed E-state index contributed by atoms with van der Waals surface area (Å²) in [6, 6.07) is 8.46. The van der Waals surface area contributed by atoms with Gasteiger partial charge in [0.15, 0.2) is 0 Å². The lowest BCUT2D eigenvalue weighted by Crippen LogP contribution is -2.27. The van der Waals surface area contributed by atoms with E-state index in [0.29, 0.717) is 5.92 Å². The van der Waals surface area contributed by atoms with Gasteiger partial charge in [0, 0.05) is 23.7 Å². The van der Waals surface area contributed by atoms with Crippen molar-refractivity contribution in [3.05, 3.63) is 29.8 Å². The summed E-state index contributed by atoms with van der Waals surface area (Å²) in [5.41, 5.74) is 2.46. The fraction of sp³-hybridized carbons (Fsp3) is 0.500. The molecule has 0 spiro atoms. The Labute approximate surface area is 104 Å². The molecule has 0 atom stereocenters. The molecule has 0 aromatic heterocycles. The van der Waals surface area contributed by atoms with Crippen molar-refractivity contribution in [3.63, 3.8) is 0 Å². The molecule has 0 amide bonds. The van der Waals surface area contributed by atoms with Crippen molar-refractivity contribution in [1.29, 1.82) is 0 Å². The average molecular weight is 251 g/mol. The molecule has 0 saturated carbocycles. The van der Waals surface area contributed by atoms with Crippen LogP contribution in [0.2, 0.25) is 0 Å². The zero-order valence-electron chi connectivity index (χ0n) is 10.4. The van der Waals surface area contributed by atoms with E-state index in [1.807, 2.05) is 0 Å². The maximum Gasteiger partial charge on any atom is 0.0340 e. The Balaban J connectivity index is 1.81. The minimum absolute atomic E-state index is 0.646. The van der Waals surface area contributed by atoms with Gasteiger partial charge in [0.25, 0.3) is 0 Å². The lowest BCUT2D eigenvalue weighted by molar-refractivity contribution is 0.504. The molecule has 1 aliphatic heterocycles. The molecule has 2 nitrogen and oxygen atoms in total. The summed E-state index contributed by atoms with van der Waals surface area (Å²) in [5.74, 6) is 6.04. The molecule has 1 aliphatic rings. The fourth-order valence-corrected chi connectivity index (χ4v) is 3.88. The van der Waals surface area contributed by atoms with E-state index in [1.165, 1.54) is 11.3 Å². The van der Waals surface area contributed by atoms with E-state index in [-0.39, 0.29) is 0 Å². The second-order valence-corrected chi connectivity index (χ2v) is 7.81. The van der Waals surface area contributed by atoms with Crippen LogP contribution in [0.5, 0.6) is 0 Å².